The second-order valence-corrected chi connectivity index (χ2v) is 5.73. The van der Waals surface area contributed by atoms with Crippen molar-refractivity contribution < 1.29 is 4.79 Å². The first-order chi connectivity index (χ1) is 10.0. The Bertz CT molecular complexity index is 656. The van der Waals surface area contributed by atoms with Crippen LogP contribution in [0.25, 0.3) is 0 Å². The number of nitrogens with one attached hydrogen (secondary N) is 1. The summed E-state index contributed by atoms with van der Waals surface area (Å²) >= 11 is 1.64. The zero-order valence-electron chi connectivity index (χ0n) is 12.4. The Morgan fingerprint density at radius 2 is 1.95 bits per heavy atom. The average molecular weight is 301 g/mol. The molecule has 0 aliphatic carbocycles. The highest BCUT2D eigenvalue weighted by molar-refractivity contribution is 7.98. The van der Waals surface area contributed by atoms with Crippen LogP contribution in [0.3, 0.4) is 0 Å². The molecule has 2 rings (SSSR count). The molecule has 0 heterocycles. The number of benzene rings is 2. The molecule has 0 saturated carbocycles. The molecule has 0 unspecified atom stereocenters. The molecule has 0 aromatic heterocycles. The molecule has 3 N–H and O–H groups in total. The maximum Gasteiger partial charge on any atom is 0.255 e. The molecule has 0 aliphatic heterocycles. The van der Waals surface area contributed by atoms with Crippen LogP contribution in [0.4, 0.5) is 17.1 Å². The molecule has 0 atom stereocenters. The standard InChI is InChI=1S/C16H19N3OS/c1-19(2)15-8-7-11(9-14(15)17)16(20)18-12-5-4-6-13(10-12)21-3/h4-10H,17H2,1-3H3,(H,18,20). The smallest absolute Gasteiger partial charge is 0.255 e. The van der Waals surface area contributed by atoms with Crippen LogP contribution in [0.1, 0.15) is 10.4 Å². The van der Waals surface area contributed by atoms with Gasteiger partial charge in [-0.2, -0.15) is 0 Å². The van der Waals surface area contributed by atoms with Crippen LogP contribution in [0.2, 0.25) is 0 Å². The summed E-state index contributed by atoms with van der Waals surface area (Å²) in [6.07, 6.45) is 2.00. The first kappa shape index (κ1) is 15.3. The van der Waals surface area contributed by atoms with E-state index < -0.39 is 0 Å². The molecule has 5 heteroatoms. The average Bonchev–Trinajstić information content (AvgIpc) is 2.46. The van der Waals surface area contributed by atoms with Gasteiger partial charge in [-0.3, -0.25) is 4.79 Å². The summed E-state index contributed by atoms with van der Waals surface area (Å²) in [6.45, 7) is 0. The van der Waals surface area contributed by atoms with Crippen molar-refractivity contribution in [1.82, 2.24) is 0 Å². The lowest BCUT2D eigenvalue weighted by molar-refractivity contribution is 0.102. The van der Waals surface area contributed by atoms with Crippen LogP contribution in [0.15, 0.2) is 47.4 Å². The van der Waals surface area contributed by atoms with E-state index in [1.54, 1.807) is 23.9 Å². The Labute approximate surface area is 129 Å². The number of rotatable bonds is 4. The molecule has 1 amide bonds. The van der Waals surface area contributed by atoms with Gasteiger partial charge >= 0.3 is 0 Å². The van der Waals surface area contributed by atoms with Gasteiger partial charge in [-0.05, 0) is 42.7 Å². The van der Waals surface area contributed by atoms with Crippen molar-refractivity contribution in [2.45, 2.75) is 4.90 Å². The van der Waals surface area contributed by atoms with Crippen molar-refractivity contribution in [3.8, 4) is 0 Å². The summed E-state index contributed by atoms with van der Waals surface area (Å²) in [5.41, 5.74) is 8.79. The number of hydrogen-bond donors (Lipinski definition) is 2. The first-order valence-electron chi connectivity index (χ1n) is 6.53. The zero-order valence-corrected chi connectivity index (χ0v) is 13.2. The van der Waals surface area contributed by atoms with Gasteiger partial charge in [0.15, 0.2) is 0 Å². The zero-order chi connectivity index (χ0) is 15.4. The number of thioether (sulfide) groups is 1. The predicted molar refractivity (Wildman–Crippen MR) is 91.4 cm³/mol. The number of nitrogens with two attached hydrogens (primary N) is 1. The number of anilines is 3. The molecule has 4 nitrogen and oxygen atoms in total. The van der Waals surface area contributed by atoms with Gasteiger partial charge in [0.05, 0.1) is 11.4 Å². The van der Waals surface area contributed by atoms with E-state index in [0.29, 0.717) is 11.3 Å². The van der Waals surface area contributed by atoms with E-state index in [1.165, 1.54) is 0 Å². The van der Waals surface area contributed by atoms with Gasteiger partial charge in [-0.1, -0.05) is 6.07 Å². The molecule has 0 fully saturated rings. The minimum Gasteiger partial charge on any atom is -0.397 e. The third-order valence-electron chi connectivity index (χ3n) is 3.10. The molecule has 2 aromatic rings. The van der Waals surface area contributed by atoms with E-state index in [9.17, 15) is 4.79 Å². The van der Waals surface area contributed by atoms with Gasteiger partial charge in [0.1, 0.15) is 0 Å². The number of carbonyl (C=O) groups excluding carboxylic acids is 1. The van der Waals surface area contributed by atoms with Crippen LogP contribution in [0, 0.1) is 0 Å². The molecule has 0 bridgehead atoms. The predicted octanol–water partition coefficient (Wildman–Crippen LogP) is 3.31. The van der Waals surface area contributed by atoms with Crippen LogP contribution in [-0.2, 0) is 0 Å². The van der Waals surface area contributed by atoms with E-state index in [0.717, 1.165) is 16.3 Å². The minimum absolute atomic E-state index is 0.162. The Morgan fingerprint density at radius 3 is 2.57 bits per heavy atom. The number of nitrogens with zero attached hydrogens (tertiary/aromatic N) is 1. The fourth-order valence-electron chi connectivity index (χ4n) is 2.01. The van der Waals surface area contributed by atoms with Crippen molar-refractivity contribution in [1.29, 1.82) is 0 Å². The van der Waals surface area contributed by atoms with E-state index in [1.807, 2.05) is 55.6 Å². The van der Waals surface area contributed by atoms with Gasteiger partial charge in [0.25, 0.3) is 5.91 Å². The largest absolute Gasteiger partial charge is 0.397 e. The monoisotopic (exact) mass is 301 g/mol. The van der Waals surface area contributed by atoms with E-state index in [-0.39, 0.29) is 5.91 Å². The highest BCUT2D eigenvalue weighted by atomic mass is 32.2. The van der Waals surface area contributed by atoms with Crippen molar-refractivity contribution in [2.75, 3.05) is 36.3 Å². The SMILES string of the molecule is CSc1cccc(NC(=O)c2ccc(N(C)C)c(N)c2)c1. The van der Waals surface area contributed by atoms with Gasteiger partial charge < -0.3 is 16.0 Å². The highest BCUT2D eigenvalue weighted by Gasteiger charge is 2.09. The maximum absolute atomic E-state index is 12.3. The summed E-state index contributed by atoms with van der Waals surface area (Å²) < 4.78 is 0. The van der Waals surface area contributed by atoms with Crippen LogP contribution >= 0.6 is 11.8 Å². The van der Waals surface area contributed by atoms with Crippen LogP contribution < -0.4 is 16.0 Å². The molecular formula is C16H19N3OS. The molecule has 0 radical (unpaired) electrons. The number of nitrogen functional groups attached to an aromatic ring is 1. The fraction of sp³-hybridized carbons (Fsp3) is 0.188. The molecular weight excluding hydrogens is 282 g/mol. The van der Waals surface area contributed by atoms with Gasteiger partial charge in [0, 0.05) is 30.2 Å². The van der Waals surface area contributed by atoms with E-state index in [2.05, 4.69) is 5.32 Å². The number of hydrogen-bond acceptors (Lipinski definition) is 4. The Morgan fingerprint density at radius 1 is 1.19 bits per heavy atom. The molecule has 0 saturated heterocycles. The summed E-state index contributed by atoms with van der Waals surface area (Å²) in [7, 11) is 3.83. The van der Waals surface area contributed by atoms with Crippen molar-refractivity contribution >= 4 is 34.7 Å². The highest BCUT2D eigenvalue weighted by Crippen LogP contribution is 2.23. The third kappa shape index (κ3) is 3.70. The number of amides is 1. The minimum atomic E-state index is -0.162. The lowest BCUT2D eigenvalue weighted by Crippen LogP contribution is -2.15. The second-order valence-electron chi connectivity index (χ2n) is 4.85. The summed E-state index contributed by atoms with van der Waals surface area (Å²) in [6, 6.07) is 13.1. The molecule has 21 heavy (non-hydrogen) atoms. The summed E-state index contributed by atoms with van der Waals surface area (Å²) in [4.78, 5) is 15.3. The van der Waals surface area contributed by atoms with Crippen molar-refractivity contribution in [3.05, 3.63) is 48.0 Å². The van der Waals surface area contributed by atoms with Gasteiger partial charge in [-0.15, -0.1) is 11.8 Å². The van der Waals surface area contributed by atoms with Crippen molar-refractivity contribution in [2.24, 2.45) is 0 Å². The molecule has 0 spiro atoms. The Balaban J connectivity index is 2.18. The Hall–Kier alpha value is -2.14. The normalized spacial score (nSPS) is 10.2. The Kier molecular flexibility index (Phi) is 4.75. The van der Waals surface area contributed by atoms with Gasteiger partial charge in [0.2, 0.25) is 0 Å². The summed E-state index contributed by atoms with van der Waals surface area (Å²) in [5.74, 6) is -0.162. The third-order valence-corrected chi connectivity index (χ3v) is 3.82. The van der Waals surface area contributed by atoms with Crippen molar-refractivity contribution in [3.63, 3.8) is 0 Å². The molecule has 0 aliphatic rings. The quantitative estimate of drug-likeness (QED) is 0.672. The molecule has 2 aromatic carbocycles. The van der Waals surface area contributed by atoms with Crippen LogP contribution in [0.5, 0.6) is 0 Å². The maximum atomic E-state index is 12.3. The fourth-order valence-corrected chi connectivity index (χ4v) is 2.47. The van der Waals surface area contributed by atoms with E-state index in [4.69, 9.17) is 5.73 Å². The topological polar surface area (TPSA) is 58.4 Å². The number of carbonyl (C=O) groups is 1. The lowest BCUT2D eigenvalue weighted by atomic mass is 10.1. The lowest BCUT2D eigenvalue weighted by Gasteiger charge is -2.16. The first-order valence-corrected chi connectivity index (χ1v) is 7.76. The van der Waals surface area contributed by atoms with Crippen LogP contribution in [-0.4, -0.2) is 26.3 Å². The second kappa shape index (κ2) is 6.54. The summed E-state index contributed by atoms with van der Waals surface area (Å²) in [5, 5.41) is 2.89. The van der Waals surface area contributed by atoms with Gasteiger partial charge in [-0.25, -0.2) is 0 Å². The van der Waals surface area contributed by atoms with E-state index >= 15 is 0 Å². The molecule has 110 valence electrons.